The Labute approximate surface area is 114 Å². The van der Waals surface area contributed by atoms with Crippen LogP contribution >= 0.6 is 0 Å². The maximum absolute atomic E-state index is 5.55. The van der Waals surface area contributed by atoms with Gasteiger partial charge in [-0.1, -0.05) is 48.6 Å². The minimum atomic E-state index is 0.599. The predicted molar refractivity (Wildman–Crippen MR) is 80.2 cm³/mol. The fourth-order valence-electron chi connectivity index (χ4n) is 1.89. The molecule has 0 amide bonds. The maximum atomic E-state index is 5.55. The summed E-state index contributed by atoms with van der Waals surface area (Å²) >= 11 is 0. The molecule has 1 N–H and O–H groups in total. The second kappa shape index (κ2) is 6.10. The lowest BCUT2D eigenvalue weighted by molar-refractivity contribution is 0.250. The third-order valence-electron chi connectivity index (χ3n) is 2.85. The zero-order chi connectivity index (χ0) is 13.7. The van der Waals surface area contributed by atoms with Crippen molar-refractivity contribution in [3.63, 3.8) is 0 Å². The van der Waals surface area contributed by atoms with E-state index in [0.29, 0.717) is 6.61 Å². The number of benzene rings is 1. The molecule has 0 aromatic heterocycles. The number of rotatable bonds is 4. The summed E-state index contributed by atoms with van der Waals surface area (Å²) < 4.78 is 5.55. The lowest BCUT2D eigenvalue weighted by Crippen LogP contribution is -2.16. The van der Waals surface area contributed by atoms with Gasteiger partial charge in [-0.25, -0.2) is 0 Å². The Hall–Kier alpha value is -2.22. The maximum Gasteiger partial charge on any atom is 0.142 e. The summed E-state index contributed by atoms with van der Waals surface area (Å²) in [5, 5.41) is 3.36. The molecule has 0 saturated heterocycles. The monoisotopic (exact) mass is 253 g/mol. The van der Waals surface area contributed by atoms with Crippen molar-refractivity contribution >= 4 is 5.70 Å². The fourth-order valence-corrected chi connectivity index (χ4v) is 1.89. The SMILES string of the molecule is C=C(NC(=C(C)C)c1ccccc1)C1=CC=CCO1. The van der Waals surface area contributed by atoms with Gasteiger partial charge in [-0.15, -0.1) is 0 Å². The van der Waals surface area contributed by atoms with E-state index in [2.05, 4.69) is 37.9 Å². The van der Waals surface area contributed by atoms with E-state index in [9.17, 15) is 0 Å². The molecule has 1 aliphatic rings. The van der Waals surface area contributed by atoms with Gasteiger partial charge in [-0.05, 0) is 31.6 Å². The summed E-state index contributed by atoms with van der Waals surface area (Å²) in [6, 6.07) is 10.2. The standard InChI is InChI=1S/C17H19NO/c1-13(2)17(15-9-5-4-6-10-15)18-14(3)16-11-7-8-12-19-16/h4-11,18H,3,12H2,1-2H3. The van der Waals surface area contributed by atoms with Gasteiger partial charge in [0.25, 0.3) is 0 Å². The van der Waals surface area contributed by atoms with E-state index >= 15 is 0 Å². The Kier molecular flexibility index (Phi) is 4.24. The molecule has 19 heavy (non-hydrogen) atoms. The van der Waals surface area contributed by atoms with Gasteiger partial charge in [0.05, 0.1) is 5.70 Å². The van der Waals surface area contributed by atoms with Crippen molar-refractivity contribution in [3.05, 3.63) is 77.7 Å². The molecule has 2 nitrogen and oxygen atoms in total. The molecule has 0 unspecified atom stereocenters. The highest BCUT2D eigenvalue weighted by molar-refractivity contribution is 5.68. The van der Waals surface area contributed by atoms with Gasteiger partial charge < -0.3 is 10.1 Å². The van der Waals surface area contributed by atoms with Gasteiger partial charge in [0.2, 0.25) is 0 Å². The summed E-state index contributed by atoms with van der Waals surface area (Å²) in [6.45, 7) is 8.82. The molecule has 0 radical (unpaired) electrons. The first-order valence-electron chi connectivity index (χ1n) is 6.37. The summed E-state index contributed by atoms with van der Waals surface area (Å²) in [5.74, 6) is 0.789. The number of ether oxygens (including phenoxy) is 1. The normalized spacial score (nSPS) is 13.3. The van der Waals surface area contributed by atoms with E-state index in [1.807, 2.05) is 36.4 Å². The van der Waals surface area contributed by atoms with Gasteiger partial charge in [-0.2, -0.15) is 0 Å². The first-order valence-corrected chi connectivity index (χ1v) is 6.37. The molecule has 2 rings (SSSR count). The van der Waals surface area contributed by atoms with Crippen molar-refractivity contribution in [2.75, 3.05) is 6.61 Å². The van der Waals surface area contributed by atoms with Crippen LogP contribution < -0.4 is 5.32 Å². The highest BCUT2D eigenvalue weighted by atomic mass is 16.5. The number of hydrogen-bond donors (Lipinski definition) is 1. The highest BCUT2D eigenvalue weighted by Gasteiger charge is 2.09. The third-order valence-corrected chi connectivity index (χ3v) is 2.85. The van der Waals surface area contributed by atoms with Crippen LogP contribution in [0.4, 0.5) is 0 Å². The molecule has 1 heterocycles. The van der Waals surface area contributed by atoms with Crippen molar-refractivity contribution in [3.8, 4) is 0 Å². The Balaban J connectivity index is 2.20. The quantitative estimate of drug-likeness (QED) is 0.875. The lowest BCUT2D eigenvalue weighted by atomic mass is 10.1. The number of hydrogen-bond acceptors (Lipinski definition) is 2. The first-order chi connectivity index (χ1) is 9.18. The van der Waals surface area contributed by atoms with E-state index in [1.165, 1.54) is 5.57 Å². The minimum absolute atomic E-state index is 0.599. The van der Waals surface area contributed by atoms with Gasteiger partial charge >= 0.3 is 0 Å². The molecular weight excluding hydrogens is 234 g/mol. The molecular formula is C17H19NO. The van der Waals surface area contributed by atoms with E-state index in [1.54, 1.807) is 0 Å². The lowest BCUT2D eigenvalue weighted by Gasteiger charge is -2.19. The molecule has 0 fully saturated rings. The van der Waals surface area contributed by atoms with E-state index < -0.39 is 0 Å². The Morgan fingerprint density at radius 1 is 1.21 bits per heavy atom. The molecule has 1 aromatic rings. The minimum Gasteiger partial charge on any atom is -0.487 e. The molecule has 0 aliphatic carbocycles. The average molecular weight is 253 g/mol. The van der Waals surface area contributed by atoms with Crippen LogP contribution in [0, 0.1) is 0 Å². The Morgan fingerprint density at radius 2 is 1.95 bits per heavy atom. The first kappa shape index (κ1) is 13.2. The van der Waals surface area contributed by atoms with Crippen molar-refractivity contribution < 1.29 is 4.74 Å². The second-order valence-electron chi connectivity index (χ2n) is 4.61. The van der Waals surface area contributed by atoms with Gasteiger partial charge in [-0.3, -0.25) is 0 Å². The van der Waals surface area contributed by atoms with Gasteiger partial charge in [0.1, 0.15) is 12.4 Å². The van der Waals surface area contributed by atoms with Crippen LogP contribution in [0.5, 0.6) is 0 Å². The number of nitrogens with one attached hydrogen (secondary N) is 1. The molecule has 2 heteroatoms. The van der Waals surface area contributed by atoms with Crippen LogP contribution in [0.3, 0.4) is 0 Å². The molecule has 0 spiro atoms. The van der Waals surface area contributed by atoms with Crippen LogP contribution in [0.2, 0.25) is 0 Å². The van der Waals surface area contributed by atoms with E-state index in [0.717, 1.165) is 22.7 Å². The predicted octanol–water partition coefficient (Wildman–Crippen LogP) is 4.01. The molecule has 0 saturated carbocycles. The molecule has 0 bridgehead atoms. The summed E-state index contributed by atoms with van der Waals surface area (Å²) in [4.78, 5) is 0. The number of allylic oxidation sites excluding steroid dienone is 3. The summed E-state index contributed by atoms with van der Waals surface area (Å²) in [6.07, 6.45) is 5.87. The van der Waals surface area contributed by atoms with E-state index in [4.69, 9.17) is 4.74 Å². The van der Waals surface area contributed by atoms with Crippen LogP contribution in [0.25, 0.3) is 5.70 Å². The van der Waals surface area contributed by atoms with Crippen LogP contribution in [0.15, 0.2) is 72.2 Å². The second-order valence-corrected chi connectivity index (χ2v) is 4.61. The Bertz CT molecular complexity index is 546. The summed E-state index contributed by atoms with van der Waals surface area (Å²) in [5.41, 5.74) is 4.21. The van der Waals surface area contributed by atoms with Gasteiger partial charge in [0, 0.05) is 5.70 Å². The summed E-state index contributed by atoms with van der Waals surface area (Å²) in [7, 11) is 0. The zero-order valence-electron chi connectivity index (χ0n) is 11.4. The van der Waals surface area contributed by atoms with Crippen LogP contribution in [-0.4, -0.2) is 6.61 Å². The average Bonchev–Trinajstić information content (AvgIpc) is 2.46. The third kappa shape index (κ3) is 3.38. The molecule has 1 aromatic carbocycles. The molecule has 0 atom stereocenters. The topological polar surface area (TPSA) is 21.3 Å². The van der Waals surface area contributed by atoms with Crippen LogP contribution in [0.1, 0.15) is 19.4 Å². The Morgan fingerprint density at radius 3 is 2.53 bits per heavy atom. The van der Waals surface area contributed by atoms with Crippen molar-refractivity contribution in [2.24, 2.45) is 0 Å². The van der Waals surface area contributed by atoms with Crippen LogP contribution in [-0.2, 0) is 4.74 Å². The van der Waals surface area contributed by atoms with Gasteiger partial charge in [0.15, 0.2) is 0 Å². The van der Waals surface area contributed by atoms with Crippen molar-refractivity contribution in [1.82, 2.24) is 5.32 Å². The highest BCUT2D eigenvalue weighted by Crippen LogP contribution is 2.20. The largest absolute Gasteiger partial charge is 0.487 e. The molecule has 98 valence electrons. The fraction of sp³-hybridized carbons (Fsp3) is 0.176. The van der Waals surface area contributed by atoms with E-state index in [-0.39, 0.29) is 0 Å². The van der Waals surface area contributed by atoms with Crippen molar-refractivity contribution in [1.29, 1.82) is 0 Å². The molecule has 1 aliphatic heterocycles. The zero-order valence-corrected chi connectivity index (χ0v) is 11.4. The smallest absolute Gasteiger partial charge is 0.142 e. The van der Waals surface area contributed by atoms with Crippen molar-refractivity contribution in [2.45, 2.75) is 13.8 Å².